The van der Waals surface area contributed by atoms with Crippen LogP contribution < -0.4 is 21.6 Å². The van der Waals surface area contributed by atoms with Crippen molar-refractivity contribution in [3.05, 3.63) is 58.9 Å². The van der Waals surface area contributed by atoms with Crippen LogP contribution in [0.5, 0.6) is 5.75 Å². The number of anilines is 1. The molecule has 6 N–H and O–H groups in total. The Labute approximate surface area is 182 Å². The topological polar surface area (TPSA) is 143 Å². The molecule has 1 amide bonds. The van der Waals surface area contributed by atoms with Gasteiger partial charge in [-0.25, -0.2) is 10.8 Å². The minimum absolute atomic E-state index is 0.0536. The molecule has 0 aliphatic rings. The lowest BCUT2D eigenvalue weighted by atomic mass is 9.98. The first-order chi connectivity index (χ1) is 14.7. The van der Waals surface area contributed by atoms with E-state index in [1.54, 1.807) is 43.6 Å². The number of amides is 1. The number of allylic oxidation sites excluding steroid dienone is 1. The fourth-order valence-corrected chi connectivity index (χ4v) is 2.89. The first-order valence-electron chi connectivity index (χ1n) is 9.67. The Bertz CT molecular complexity index is 1030. The number of nitrogens with one attached hydrogen (secondary N) is 2. The molecule has 0 unspecified atom stereocenters. The van der Waals surface area contributed by atoms with Crippen molar-refractivity contribution in [3.8, 4) is 5.75 Å². The van der Waals surface area contributed by atoms with Gasteiger partial charge >= 0.3 is 0 Å². The number of nitrogens with zero attached hydrogens (tertiary/aromatic N) is 3. The number of rotatable bonds is 7. The lowest BCUT2D eigenvalue weighted by molar-refractivity contribution is 0.102. The van der Waals surface area contributed by atoms with Crippen molar-refractivity contribution in [1.82, 2.24) is 9.99 Å². The largest absolute Gasteiger partial charge is 0.496 e. The van der Waals surface area contributed by atoms with Crippen molar-refractivity contribution < 1.29 is 9.53 Å². The molecule has 2 aromatic rings. The van der Waals surface area contributed by atoms with Crippen LogP contribution in [0.1, 0.15) is 41.0 Å². The second-order valence-corrected chi connectivity index (χ2v) is 7.09. The molecule has 0 radical (unpaired) electrons. The number of nitrogens with two attached hydrogens (primary N) is 2. The molecule has 0 saturated heterocycles. The number of hydrogen-bond acceptors (Lipinski definition) is 7. The summed E-state index contributed by atoms with van der Waals surface area (Å²) >= 11 is 0. The normalized spacial score (nSPS) is 11.6. The maximum atomic E-state index is 13.0. The third kappa shape index (κ3) is 5.46. The van der Waals surface area contributed by atoms with Crippen molar-refractivity contribution >= 4 is 29.3 Å². The van der Waals surface area contributed by atoms with E-state index < -0.39 is 5.91 Å². The van der Waals surface area contributed by atoms with Gasteiger partial charge in [0.05, 0.1) is 12.7 Å². The Balaban J connectivity index is 2.40. The van der Waals surface area contributed by atoms with Crippen LogP contribution in [0.15, 0.2) is 41.5 Å². The Kier molecular flexibility index (Phi) is 7.87. The minimum Gasteiger partial charge on any atom is -0.496 e. The Morgan fingerprint density at radius 3 is 2.61 bits per heavy atom. The number of benzene rings is 1. The maximum Gasteiger partial charge on any atom is 0.260 e. The van der Waals surface area contributed by atoms with E-state index in [4.69, 9.17) is 21.7 Å². The van der Waals surface area contributed by atoms with Gasteiger partial charge in [-0.1, -0.05) is 6.07 Å². The molecular weight excluding hydrogens is 394 g/mol. The highest BCUT2D eigenvalue weighted by Crippen LogP contribution is 2.28. The molecule has 1 aromatic heterocycles. The van der Waals surface area contributed by atoms with E-state index in [-0.39, 0.29) is 11.9 Å². The van der Waals surface area contributed by atoms with Crippen molar-refractivity contribution in [1.29, 1.82) is 5.41 Å². The zero-order valence-electron chi connectivity index (χ0n) is 18.4. The SMILES string of the molecule is CN=C/C(=C\N)c1cc(C(=O)Nc2cccc(C(=N)N(N)C(C)C)n2)c(OC)cc1C. The van der Waals surface area contributed by atoms with E-state index in [1.807, 2.05) is 20.8 Å². The average molecular weight is 424 g/mol. The van der Waals surface area contributed by atoms with Crippen LogP contribution in [0.3, 0.4) is 0 Å². The van der Waals surface area contributed by atoms with Crippen LogP contribution in [-0.2, 0) is 0 Å². The van der Waals surface area contributed by atoms with Crippen LogP contribution >= 0.6 is 0 Å². The number of pyridine rings is 1. The highest BCUT2D eigenvalue weighted by molar-refractivity contribution is 6.12. The molecule has 0 bridgehead atoms. The number of methoxy groups -OCH3 is 1. The third-order valence-corrected chi connectivity index (χ3v) is 4.60. The van der Waals surface area contributed by atoms with Crippen molar-refractivity contribution in [2.75, 3.05) is 19.5 Å². The highest BCUT2D eigenvalue weighted by atomic mass is 16.5. The van der Waals surface area contributed by atoms with Gasteiger partial charge in [0, 0.05) is 31.1 Å². The monoisotopic (exact) mass is 423 g/mol. The molecule has 0 fully saturated rings. The number of amidine groups is 1. The number of aromatic nitrogens is 1. The third-order valence-electron chi connectivity index (χ3n) is 4.60. The molecule has 0 saturated carbocycles. The zero-order valence-corrected chi connectivity index (χ0v) is 18.4. The van der Waals surface area contributed by atoms with E-state index in [0.29, 0.717) is 28.4 Å². The molecular formula is C22H29N7O2. The number of carbonyl (C=O) groups is 1. The van der Waals surface area contributed by atoms with Crippen LogP contribution in [0, 0.1) is 12.3 Å². The quantitative estimate of drug-likeness (QED) is 0.233. The lowest BCUT2D eigenvalue weighted by Gasteiger charge is -2.23. The number of hydrogen-bond donors (Lipinski definition) is 4. The first-order valence-corrected chi connectivity index (χ1v) is 9.67. The molecule has 1 aromatic carbocycles. The molecule has 9 nitrogen and oxygen atoms in total. The number of aliphatic imine (C=N–C) groups is 1. The standard InChI is InChI=1S/C22H29N7O2/c1-13(2)29(25)21(24)18-7-6-8-20(27-18)28-22(30)17-10-16(15(11-23)12-26-4)14(3)9-19(17)31-5/h6-13,24H,23,25H2,1-5H3,(H,27,28,30)/b15-11+,24-21?,26-12?. The highest BCUT2D eigenvalue weighted by Gasteiger charge is 2.18. The van der Waals surface area contributed by atoms with E-state index in [2.05, 4.69) is 15.3 Å². The summed E-state index contributed by atoms with van der Waals surface area (Å²) in [4.78, 5) is 21.4. The molecule has 31 heavy (non-hydrogen) atoms. The summed E-state index contributed by atoms with van der Waals surface area (Å²) in [6.45, 7) is 5.64. The van der Waals surface area contributed by atoms with Crippen LogP contribution in [-0.4, -0.2) is 48.1 Å². The molecule has 164 valence electrons. The summed E-state index contributed by atoms with van der Waals surface area (Å²) in [5, 5.41) is 12.3. The van der Waals surface area contributed by atoms with Crippen molar-refractivity contribution in [2.45, 2.75) is 26.8 Å². The fraction of sp³-hybridized carbons (Fsp3) is 0.273. The lowest BCUT2D eigenvalue weighted by Crippen LogP contribution is -2.43. The van der Waals surface area contributed by atoms with Gasteiger partial charge in [-0.3, -0.25) is 20.2 Å². The molecule has 0 spiro atoms. The summed E-state index contributed by atoms with van der Waals surface area (Å²) in [5.41, 5.74) is 8.73. The van der Waals surface area contributed by atoms with Gasteiger partial charge in [0.15, 0.2) is 5.84 Å². The molecule has 0 aliphatic carbocycles. The van der Waals surface area contributed by atoms with E-state index >= 15 is 0 Å². The summed E-state index contributed by atoms with van der Waals surface area (Å²) in [5.74, 6) is 6.26. The Morgan fingerprint density at radius 1 is 1.32 bits per heavy atom. The maximum absolute atomic E-state index is 13.0. The summed E-state index contributed by atoms with van der Waals surface area (Å²) in [6.07, 6.45) is 3.06. The molecule has 2 rings (SSSR count). The van der Waals surface area contributed by atoms with Crippen molar-refractivity contribution in [3.63, 3.8) is 0 Å². The minimum atomic E-state index is -0.410. The molecule has 0 aliphatic heterocycles. The van der Waals surface area contributed by atoms with Gasteiger partial charge in [-0.05, 0) is 56.2 Å². The Hall–Kier alpha value is -3.72. The second kappa shape index (κ2) is 10.4. The summed E-state index contributed by atoms with van der Waals surface area (Å²) < 4.78 is 5.41. The molecule has 0 atom stereocenters. The zero-order chi connectivity index (χ0) is 23.1. The predicted octanol–water partition coefficient (Wildman–Crippen LogP) is 2.56. The van der Waals surface area contributed by atoms with Gasteiger partial charge in [-0.2, -0.15) is 0 Å². The number of carbonyl (C=O) groups excluding carboxylic acids is 1. The first kappa shape index (κ1) is 23.6. The van der Waals surface area contributed by atoms with Crippen LogP contribution in [0.2, 0.25) is 0 Å². The molecule has 1 heterocycles. The second-order valence-electron chi connectivity index (χ2n) is 7.09. The summed E-state index contributed by atoms with van der Waals surface area (Å²) in [6, 6.07) is 8.40. The number of aryl methyl sites for hydroxylation is 1. The van der Waals surface area contributed by atoms with Gasteiger partial charge in [0.1, 0.15) is 17.3 Å². The van der Waals surface area contributed by atoms with Gasteiger partial charge in [0.2, 0.25) is 0 Å². The fourth-order valence-electron chi connectivity index (χ4n) is 2.89. The van der Waals surface area contributed by atoms with Crippen molar-refractivity contribution in [2.24, 2.45) is 16.6 Å². The van der Waals surface area contributed by atoms with Gasteiger partial charge in [-0.15, -0.1) is 0 Å². The average Bonchev–Trinajstić information content (AvgIpc) is 2.76. The molecule has 9 heteroatoms. The Morgan fingerprint density at radius 2 is 2.03 bits per heavy atom. The summed E-state index contributed by atoms with van der Waals surface area (Å²) in [7, 11) is 3.15. The van der Waals surface area contributed by atoms with Crippen LogP contribution in [0.25, 0.3) is 5.57 Å². The van der Waals surface area contributed by atoms with Gasteiger partial charge < -0.3 is 15.8 Å². The number of hydrazine groups is 1. The van der Waals surface area contributed by atoms with Gasteiger partial charge in [0.25, 0.3) is 5.91 Å². The smallest absolute Gasteiger partial charge is 0.260 e. The number of ether oxygens (including phenoxy) is 1. The van der Waals surface area contributed by atoms with E-state index in [0.717, 1.165) is 11.1 Å². The van der Waals surface area contributed by atoms with E-state index in [9.17, 15) is 4.79 Å². The van der Waals surface area contributed by atoms with Crippen LogP contribution in [0.4, 0.5) is 5.82 Å². The predicted molar refractivity (Wildman–Crippen MR) is 124 cm³/mol. The van der Waals surface area contributed by atoms with E-state index in [1.165, 1.54) is 18.3 Å².